The zero-order valence-corrected chi connectivity index (χ0v) is 11.7. The third-order valence-corrected chi connectivity index (χ3v) is 3.61. The first-order chi connectivity index (χ1) is 8.22. The lowest BCUT2D eigenvalue weighted by molar-refractivity contribution is 0.598. The van der Waals surface area contributed by atoms with Crippen LogP contribution in [0.1, 0.15) is 18.5 Å². The van der Waals surface area contributed by atoms with E-state index in [0.717, 1.165) is 6.26 Å². The van der Waals surface area contributed by atoms with Crippen LogP contribution in [0, 0.1) is 5.82 Å². The Kier molecular flexibility index (Phi) is 4.70. The normalized spacial score (nSPS) is 13.4. The van der Waals surface area contributed by atoms with Gasteiger partial charge < -0.3 is 10.6 Å². The van der Waals surface area contributed by atoms with Crippen LogP contribution >= 0.6 is 0 Å². The van der Waals surface area contributed by atoms with Crippen LogP contribution in [0.25, 0.3) is 0 Å². The lowest BCUT2D eigenvalue weighted by atomic mass is 10.1. The second kappa shape index (κ2) is 5.67. The molecule has 0 radical (unpaired) electrons. The van der Waals surface area contributed by atoms with E-state index in [0.29, 0.717) is 11.3 Å². The van der Waals surface area contributed by atoms with Crippen molar-refractivity contribution in [2.45, 2.75) is 13.0 Å². The minimum Gasteiger partial charge on any atom is -0.371 e. The number of nitrogens with two attached hydrogens (primary N) is 1. The Labute approximate surface area is 108 Å². The van der Waals surface area contributed by atoms with E-state index in [2.05, 4.69) is 0 Å². The molecule has 0 fully saturated rings. The number of para-hydroxylation sites is 1. The van der Waals surface area contributed by atoms with Crippen molar-refractivity contribution in [2.24, 2.45) is 5.73 Å². The highest BCUT2D eigenvalue weighted by atomic mass is 32.2. The molecule has 0 aliphatic heterocycles. The van der Waals surface area contributed by atoms with E-state index in [9.17, 15) is 12.8 Å². The molecule has 0 aromatic heterocycles. The average molecular weight is 274 g/mol. The molecule has 0 saturated carbocycles. The third kappa shape index (κ3) is 3.96. The maximum absolute atomic E-state index is 13.8. The minimum absolute atomic E-state index is 0.0176. The number of halogens is 1. The molecule has 102 valence electrons. The van der Waals surface area contributed by atoms with Gasteiger partial charge >= 0.3 is 0 Å². The number of benzene rings is 1. The Morgan fingerprint density at radius 1 is 1.44 bits per heavy atom. The van der Waals surface area contributed by atoms with Gasteiger partial charge in [0, 0.05) is 25.9 Å². The van der Waals surface area contributed by atoms with Crippen LogP contribution in [-0.4, -0.2) is 34.0 Å². The van der Waals surface area contributed by atoms with E-state index in [-0.39, 0.29) is 24.2 Å². The van der Waals surface area contributed by atoms with Crippen LogP contribution in [0.5, 0.6) is 0 Å². The summed E-state index contributed by atoms with van der Waals surface area (Å²) >= 11 is 0. The predicted octanol–water partition coefficient (Wildman–Crippen LogP) is 1.33. The van der Waals surface area contributed by atoms with Gasteiger partial charge in [-0.1, -0.05) is 12.1 Å². The van der Waals surface area contributed by atoms with Crippen LogP contribution in [0.15, 0.2) is 18.2 Å². The molecule has 6 heteroatoms. The Morgan fingerprint density at radius 2 is 2.06 bits per heavy atom. The first-order valence-corrected chi connectivity index (χ1v) is 7.71. The summed E-state index contributed by atoms with van der Waals surface area (Å²) in [6.45, 7) is 2.00. The fraction of sp³-hybridized carbons (Fsp3) is 0.500. The molecule has 0 amide bonds. The molecular weight excluding hydrogens is 255 g/mol. The maximum Gasteiger partial charge on any atom is 0.149 e. The molecule has 0 aliphatic carbocycles. The van der Waals surface area contributed by atoms with Crippen molar-refractivity contribution in [2.75, 3.05) is 30.5 Å². The molecule has 1 aromatic carbocycles. The Bertz CT molecular complexity index is 515. The van der Waals surface area contributed by atoms with Crippen molar-refractivity contribution in [1.82, 2.24) is 0 Å². The molecule has 18 heavy (non-hydrogen) atoms. The molecule has 1 atom stereocenters. The van der Waals surface area contributed by atoms with Crippen molar-refractivity contribution < 1.29 is 12.8 Å². The van der Waals surface area contributed by atoms with E-state index in [1.165, 1.54) is 6.07 Å². The molecule has 4 nitrogen and oxygen atoms in total. The second-order valence-electron chi connectivity index (χ2n) is 4.52. The number of rotatable bonds is 5. The smallest absolute Gasteiger partial charge is 0.149 e. The maximum atomic E-state index is 13.8. The fourth-order valence-electron chi connectivity index (χ4n) is 1.72. The zero-order chi connectivity index (χ0) is 13.9. The first-order valence-electron chi connectivity index (χ1n) is 5.65. The molecule has 0 bridgehead atoms. The Hall–Kier alpha value is -1.14. The lowest BCUT2D eigenvalue weighted by Crippen LogP contribution is -2.27. The van der Waals surface area contributed by atoms with Crippen LogP contribution in [0.2, 0.25) is 0 Å². The Balaban J connectivity index is 3.01. The molecule has 2 N–H and O–H groups in total. The average Bonchev–Trinajstić information content (AvgIpc) is 2.24. The molecule has 1 rings (SSSR count). The highest BCUT2D eigenvalue weighted by Gasteiger charge is 2.16. The zero-order valence-electron chi connectivity index (χ0n) is 10.9. The van der Waals surface area contributed by atoms with Crippen LogP contribution in [0.3, 0.4) is 0 Å². The topological polar surface area (TPSA) is 63.4 Å². The number of hydrogen-bond donors (Lipinski definition) is 1. The summed E-state index contributed by atoms with van der Waals surface area (Å²) in [7, 11) is -1.41. The molecule has 1 aromatic rings. The summed E-state index contributed by atoms with van der Waals surface area (Å²) in [6, 6.07) is 4.39. The van der Waals surface area contributed by atoms with Gasteiger partial charge in [0.2, 0.25) is 0 Å². The van der Waals surface area contributed by atoms with E-state index < -0.39 is 9.84 Å². The minimum atomic E-state index is -3.07. The molecule has 1 unspecified atom stereocenters. The number of sulfone groups is 1. The van der Waals surface area contributed by atoms with Gasteiger partial charge in [0.05, 0.1) is 11.4 Å². The Morgan fingerprint density at radius 3 is 2.56 bits per heavy atom. The van der Waals surface area contributed by atoms with Gasteiger partial charge in [-0.15, -0.1) is 0 Å². The number of nitrogens with zero attached hydrogens (tertiary/aromatic N) is 1. The third-order valence-electron chi connectivity index (χ3n) is 2.69. The van der Waals surface area contributed by atoms with Crippen molar-refractivity contribution in [3.8, 4) is 0 Å². The molecule has 0 saturated heterocycles. The highest BCUT2D eigenvalue weighted by molar-refractivity contribution is 7.90. The van der Waals surface area contributed by atoms with Crippen LogP contribution in [-0.2, 0) is 9.84 Å². The first kappa shape index (κ1) is 14.9. The summed E-state index contributed by atoms with van der Waals surface area (Å²) in [6.07, 6.45) is 1.16. The van der Waals surface area contributed by atoms with Gasteiger partial charge in [0.15, 0.2) is 0 Å². The summed E-state index contributed by atoms with van der Waals surface area (Å²) in [5.41, 5.74) is 6.84. The summed E-state index contributed by atoms with van der Waals surface area (Å²) in [5.74, 6) is -0.406. The summed E-state index contributed by atoms with van der Waals surface area (Å²) in [5, 5.41) is 0. The molecular formula is C12H19FN2O2S. The molecule has 0 heterocycles. The van der Waals surface area contributed by atoms with Gasteiger partial charge in [-0.05, 0) is 18.6 Å². The monoisotopic (exact) mass is 274 g/mol. The largest absolute Gasteiger partial charge is 0.371 e. The van der Waals surface area contributed by atoms with Gasteiger partial charge in [-0.2, -0.15) is 0 Å². The number of hydrogen-bond acceptors (Lipinski definition) is 4. The quantitative estimate of drug-likeness (QED) is 0.879. The van der Waals surface area contributed by atoms with Crippen LogP contribution in [0.4, 0.5) is 10.1 Å². The van der Waals surface area contributed by atoms with Gasteiger partial charge in [-0.3, -0.25) is 0 Å². The number of anilines is 1. The fourth-order valence-corrected chi connectivity index (χ4v) is 2.32. The summed E-state index contributed by atoms with van der Waals surface area (Å²) < 4.78 is 36.1. The predicted molar refractivity (Wildman–Crippen MR) is 72.0 cm³/mol. The van der Waals surface area contributed by atoms with Crippen molar-refractivity contribution >= 4 is 15.5 Å². The lowest BCUT2D eigenvalue weighted by Gasteiger charge is -2.24. The molecule has 0 aliphatic rings. The van der Waals surface area contributed by atoms with E-state index in [4.69, 9.17) is 5.73 Å². The second-order valence-corrected chi connectivity index (χ2v) is 6.78. The highest BCUT2D eigenvalue weighted by Crippen LogP contribution is 2.27. The van der Waals surface area contributed by atoms with Crippen molar-refractivity contribution in [1.29, 1.82) is 0 Å². The van der Waals surface area contributed by atoms with Crippen molar-refractivity contribution in [3.63, 3.8) is 0 Å². The summed E-state index contributed by atoms with van der Waals surface area (Å²) in [4.78, 5) is 1.59. The van der Waals surface area contributed by atoms with Gasteiger partial charge in [0.25, 0.3) is 0 Å². The van der Waals surface area contributed by atoms with Crippen molar-refractivity contribution in [3.05, 3.63) is 29.6 Å². The van der Waals surface area contributed by atoms with Gasteiger partial charge in [0.1, 0.15) is 15.7 Å². The van der Waals surface area contributed by atoms with Crippen LogP contribution < -0.4 is 10.6 Å². The van der Waals surface area contributed by atoms with Gasteiger partial charge in [-0.25, -0.2) is 12.8 Å². The van der Waals surface area contributed by atoms with E-state index in [1.54, 1.807) is 31.0 Å². The van der Waals surface area contributed by atoms with E-state index in [1.807, 2.05) is 0 Å². The van der Waals surface area contributed by atoms with E-state index >= 15 is 0 Å². The SMILES string of the molecule is CC(N)c1cccc(F)c1N(C)CCS(C)(=O)=O. The standard InChI is InChI=1S/C12H19FN2O2S/c1-9(14)10-5-4-6-11(13)12(10)15(2)7-8-18(3,16)17/h4-6,9H,7-8,14H2,1-3H3. The molecule has 0 spiro atoms.